The molecule has 3 N–H and O–H groups in total. The molecule has 0 fully saturated rings. The maximum Gasteiger partial charge on any atom is 0.245 e. The van der Waals surface area contributed by atoms with Crippen LogP contribution in [-0.4, -0.2) is 13.0 Å². The number of methoxy groups -OCH3 is 1. The number of carbonyl (C=O) groups is 1. The number of nitrogens with two attached hydrogens (primary N) is 1. The fraction of sp³-hybridized carbons (Fsp3) is 0.133. The van der Waals surface area contributed by atoms with Crippen LogP contribution >= 0.6 is 15.9 Å². The number of benzene rings is 2. The van der Waals surface area contributed by atoms with Crippen LogP contribution in [0, 0.1) is 0 Å². The molecule has 0 spiro atoms. The molecule has 0 saturated heterocycles. The molecule has 0 aliphatic rings. The average molecular weight is 335 g/mol. The summed E-state index contributed by atoms with van der Waals surface area (Å²) < 4.78 is 5.97. The van der Waals surface area contributed by atoms with E-state index in [0.717, 1.165) is 10.0 Å². The molecule has 0 radical (unpaired) electrons. The standard InChI is InChI=1S/C15H15BrN2O2/c1-20-13-8-11(16)7-12(9-13)18-15(19)14(17)10-5-3-2-4-6-10/h2-9,14H,17H2,1H3,(H,18,19). The minimum Gasteiger partial charge on any atom is -0.497 e. The molecule has 0 aliphatic heterocycles. The largest absolute Gasteiger partial charge is 0.497 e. The monoisotopic (exact) mass is 334 g/mol. The number of carbonyl (C=O) groups excluding carboxylic acids is 1. The van der Waals surface area contributed by atoms with Gasteiger partial charge < -0.3 is 15.8 Å². The van der Waals surface area contributed by atoms with Crippen molar-refractivity contribution >= 4 is 27.5 Å². The number of nitrogens with one attached hydrogen (secondary N) is 1. The first-order chi connectivity index (χ1) is 9.60. The molecule has 0 aromatic heterocycles. The fourth-order valence-electron chi connectivity index (χ4n) is 1.78. The van der Waals surface area contributed by atoms with Crippen molar-refractivity contribution in [3.05, 3.63) is 58.6 Å². The SMILES string of the molecule is COc1cc(Br)cc(NC(=O)C(N)c2ccccc2)c1. The van der Waals surface area contributed by atoms with Gasteiger partial charge >= 0.3 is 0 Å². The summed E-state index contributed by atoms with van der Waals surface area (Å²) in [6.07, 6.45) is 0. The van der Waals surface area contributed by atoms with E-state index in [1.54, 1.807) is 19.2 Å². The molecule has 2 aromatic carbocycles. The Hall–Kier alpha value is -1.85. The number of rotatable bonds is 4. The smallest absolute Gasteiger partial charge is 0.245 e. The molecular weight excluding hydrogens is 320 g/mol. The van der Waals surface area contributed by atoms with Gasteiger partial charge in [0.2, 0.25) is 5.91 Å². The summed E-state index contributed by atoms with van der Waals surface area (Å²) in [6.45, 7) is 0. The molecule has 4 nitrogen and oxygen atoms in total. The lowest BCUT2D eigenvalue weighted by Crippen LogP contribution is -2.27. The van der Waals surface area contributed by atoms with Gasteiger partial charge in [-0.05, 0) is 17.7 Å². The molecule has 1 atom stereocenters. The first-order valence-electron chi connectivity index (χ1n) is 6.06. The fourth-order valence-corrected chi connectivity index (χ4v) is 2.26. The van der Waals surface area contributed by atoms with Gasteiger partial charge in [0.05, 0.1) is 7.11 Å². The summed E-state index contributed by atoms with van der Waals surface area (Å²) in [4.78, 5) is 12.1. The molecule has 2 rings (SSSR count). The van der Waals surface area contributed by atoms with Gasteiger partial charge in [0.25, 0.3) is 0 Å². The summed E-state index contributed by atoms with van der Waals surface area (Å²) in [6, 6.07) is 13.9. The predicted octanol–water partition coefficient (Wildman–Crippen LogP) is 3.10. The second-order valence-electron chi connectivity index (χ2n) is 4.26. The highest BCUT2D eigenvalue weighted by atomic mass is 79.9. The maximum absolute atomic E-state index is 12.1. The van der Waals surface area contributed by atoms with Gasteiger partial charge in [-0.1, -0.05) is 46.3 Å². The molecule has 5 heteroatoms. The van der Waals surface area contributed by atoms with Crippen LogP contribution in [-0.2, 0) is 4.79 Å². The Kier molecular flexibility index (Phi) is 4.76. The summed E-state index contributed by atoms with van der Waals surface area (Å²) in [5.41, 5.74) is 7.34. The molecule has 0 aliphatic carbocycles. The van der Waals surface area contributed by atoms with E-state index in [9.17, 15) is 4.79 Å². The molecule has 1 amide bonds. The quantitative estimate of drug-likeness (QED) is 0.902. The van der Waals surface area contributed by atoms with E-state index in [1.165, 1.54) is 0 Å². The summed E-state index contributed by atoms with van der Waals surface area (Å²) in [7, 11) is 1.57. The summed E-state index contributed by atoms with van der Waals surface area (Å²) in [5, 5.41) is 2.78. The van der Waals surface area contributed by atoms with Gasteiger partial charge in [0, 0.05) is 16.2 Å². The predicted molar refractivity (Wildman–Crippen MR) is 82.7 cm³/mol. The van der Waals surface area contributed by atoms with E-state index >= 15 is 0 Å². The van der Waals surface area contributed by atoms with Crippen LogP contribution in [0.2, 0.25) is 0 Å². The highest BCUT2D eigenvalue weighted by Crippen LogP contribution is 2.25. The van der Waals surface area contributed by atoms with Crippen LogP contribution in [0.4, 0.5) is 5.69 Å². The van der Waals surface area contributed by atoms with Crippen molar-refractivity contribution < 1.29 is 9.53 Å². The zero-order valence-electron chi connectivity index (χ0n) is 11.0. The van der Waals surface area contributed by atoms with Crippen molar-refractivity contribution in [3.63, 3.8) is 0 Å². The molecule has 20 heavy (non-hydrogen) atoms. The lowest BCUT2D eigenvalue weighted by Gasteiger charge is -2.13. The van der Waals surface area contributed by atoms with Crippen LogP contribution in [0.25, 0.3) is 0 Å². The van der Waals surface area contributed by atoms with Crippen LogP contribution < -0.4 is 15.8 Å². The Bertz CT molecular complexity index is 602. The molecule has 0 saturated carbocycles. The Balaban J connectivity index is 2.13. The van der Waals surface area contributed by atoms with Crippen molar-refractivity contribution in [2.45, 2.75) is 6.04 Å². The number of ether oxygens (including phenoxy) is 1. The minimum absolute atomic E-state index is 0.267. The van der Waals surface area contributed by atoms with Crippen molar-refractivity contribution in [1.29, 1.82) is 0 Å². The van der Waals surface area contributed by atoms with Crippen molar-refractivity contribution in [2.75, 3.05) is 12.4 Å². The number of hydrogen-bond acceptors (Lipinski definition) is 3. The Labute approximate surface area is 126 Å². The van der Waals surface area contributed by atoms with Gasteiger partial charge in [0.15, 0.2) is 0 Å². The lowest BCUT2D eigenvalue weighted by atomic mass is 10.1. The van der Waals surface area contributed by atoms with Gasteiger partial charge in [-0.2, -0.15) is 0 Å². The first kappa shape index (κ1) is 14.6. The van der Waals surface area contributed by atoms with Crippen LogP contribution in [0.1, 0.15) is 11.6 Å². The second-order valence-corrected chi connectivity index (χ2v) is 5.17. The van der Waals surface area contributed by atoms with E-state index in [2.05, 4.69) is 21.2 Å². The molecule has 0 bridgehead atoms. The third-order valence-corrected chi connectivity index (χ3v) is 3.27. The second kappa shape index (κ2) is 6.54. The van der Waals surface area contributed by atoms with E-state index in [0.29, 0.717) is 11.4 Å². The first-order valence-corrected chi connectivity index (χ1v) is 6.85. The van der Waals surface area contributed by atoms with Crippen molar-refractivity contribution in [2.24, 2.45) is 5.73 Å². The minimum atomic E-state index is -0.707. The number of anilines is 1. The van der Waals surface area contributed by atoms with Gasteiger partial charge in [0.1, 0.15) is 11.8 Å². The molecule has 0 heterocycles. The number of hydrogen-bond donors (Lipinski definition) is 2. The molecule has 2 aromatic rings. The van der Waals surface area contributed by atoms with Gasteiger partial charge in [-0.15, -0.1) is 0 Å². The van der Waals surface area contributed by atoms with E-state index in [-0.39, 0.29) is 5.91 Å². The Morgan fingerprint density at radius 3 is 2.60 bits per heavy atom. The van der Waals surface area contributed by atoms with Crippen LogP contribution in [0.5, 0.6) is 5.75 Å². The molecule has 1 unspecified atom stereocenters. The normalized spacial score (nSPS) is 11.8. The maximum atomic E-state index is 12.1. The summed E-state index contributed by atoms with van der Waals surface area (Å²) >= 11 is 3.36. The van der Waals surface area contributed by atoms with Gasteiger partial charge in [-0.3, -0.25) is 4.79 Å². The molecule has 104 valence electrons. The van der Waals surface area contributed by atoms with Gasteiger partial charge in [-0.25, -0.2) is 0 Å². The van der Waals surface area contributed by atoms with E-state index in [1.807, 2.05) is 36.4 Å². The third-order valence-electron chi connectivity index (χ3n) is 2.82. The number of halogens is 1. The van der Waals surface area contributed by atoms with Crippen molar-refractivity contribution in [3.8, 4) is 5.75 Å². The van der Waals surface area contributed by atoms with E-state index in [4.69, 9.17) is 10.5 Å². The zero-order chi connectivity index (χ0) is 14.5. The summed E-state index contributed by atoms with van der Waals surface area (Å²) in [5.74, 6) is 0.388. The Morgan fingerprint density at radius 2 is 1.95 bits per heavy atom. The Morgan fingerprint density at radius 1 is 1.25 bits per heavy atom. The van der Waals surface area contributed by atoms with Crippen LogP contribution in [0.3, 0.4) is 0 Å². The van der Waals surface area contributed by atoms with Crippen molar-refractivity contribution in [1.82, 2.24) is 0 Å². The third kappa shape index (κ3) is 3.59. The molecular formula is C15H15BrN2O2. The highest BCUT2D eigenvalue weighted by Gasteiger charge is 2.15. The average Bonchev–Trinajstić information content (AvgIpc) is 2.46. The highest BCUT2D eigenvalue weighted by molar-refractivity contribution is 9.10. The topological polar surface area (TPSA) is 64.3 Å². The lowest BCUT2D eigenvalue weighted by molar-refractivity contribution is -0.117. The van der Waals surface area contributed by atoms with E-state index < -0.39 is 6.04 Å². The zero-order valence-corrected chi connectivity index (χ0v) is 12.6. The number of amides is 1. The van der Waals surface area contributed by atoms with Crippen LogP contribution in [0.15, 0.2) is 53.0 Å².